The van der Waals surface area contributed by atoms with Crippen LogP contribution in [0.3, 0.4) is 0 Å². The lowest BCUT2D eigenvalue weighted by molar-refractivity contribution is 1.11. The third-order valence-electron chi connectivity index (χ3n) is 2.57. The van der Waals surface area contributed by atoms with Crippen molar-refractivity contribution in [2.75, 3.05) is 5.32 Å². The summed E-state index contributed by atoms with van der Waals surface area (Å²) >= 11 is 0. The van der Waals surface area contributed by atoms with Crippen LogP contribution in [0.15, 0.2) is 42.6 Å². The molecule has 3 heteroatoms. The molecular formula is C14H13N3. The number of para-hydroxylation sites is 1. The minimum Gasteiger partial charge on any atom is -0.381 e. The second-order valence-corrected chi connectivity index (χ2v) is 3.83. The first kappa shape index (κ1) is 11.2. The van der Waals surface area contributed by atoms with E-state index in [0.29, 0.717) is 12.2 Å². The molecule has 84 valence electrons. The fourth-order valence-electron chi connectivity index (χ4n) is 1.61. The van der Waals surface area contributed by atoms with E-state index < -0.39 is 0 Å². The average Bonchev–Trinajstić information content (AvgIpc) is 2.38. The van der Waals surface area contributed by atoms with Crippen LogP contribution in [0.1, 0.15) is 16.8 Å². The molecule has 0 unspecified atom stereocenters. The van der Waals surface area contributed by atoms with Crippen LogP contribution in [0.25, 0.3) is 0 Å². The molecule has 0 saturated carbocycles. The number of benzene rings is 1. The summed E-state index contributed by atoms with van der Waals surface area (Å²) in [6.45, 7) is 2.76. The molecule has 1 aromatic carbocycles. The van der Waals surface area contributed by atoms with E-state index in [1.807, 2.05) is 30.3 Å². The zero-order valence-electron chi connectivity index (χ0n) is 9.64. The van der Waals surface area contributed by atoms with Crippen LogP contribution in [-0.2, 0) is 6.54 Å². The van der Waals surface area contributed by atoms with E-state index in [4.69, 9.17) is 5.26 Å². The van der Waals surface area contributed by atoms with E-state index in [9.17, 15) is 0 Å². The maximum atomic E-state index is 8.76. The Kier molecular flexibility index (Phi) is 3.37. The Bertz CT molecular complexity index is 555. The highest BCUT2D eigenvalue weighted by Crippen LogP contribution is 2.14. The first-order valence-electron chi connectivity index (χ1n) is 5.44. The molecule has 1 heterocycles. The fraction of sp³-hybridized carbons (Fsp3) is 0.143. The molecule has 0 fully saturated rings. The zero-order chi connectivity index (χ0) is 12.1. The molecule has 0 amide bonds. The molecule has 0 saturated heterocycles. The third-order valence-corrected chi connectivity index (χ3v) is 2.57. The molecule has 1 aromatic heterocycles. The summed E-state index contributed by atoms with van der Waals surface area (Å²) in [6, 6.07) is 13.9. The summed E-state index contributed by atoms with van der Waals surface area (Å²) < 4.78 is 0. The lowest BCUT2D eigenvalue weighted by atomic mass is 10.2. The number of hydrogen-bond donors (Lipinski definition) is 1. The van der Waals surface area contributed by atoms with Crippen LogP contribution < -0.4 is 5.32 Å². The van der Waals surface area contributed by atoms with Gasteiger partial charge >= 0.3 is 0 Å². The molecule has 0 bridgehead atoms. The van der Waals surface area contributed by atoms with Crippen LogP contribution in [0.2, 0.25) is 0 Å². The fourth-order valence-corrected chi connectivity index (χ4v) is 1.61. The van der Waals surface area contributed by atoms with Gasteiger partial charge in [0.05, 0.1) is 0 Å². The van der Waals surface area contributed by atoms with Gasteiger partial charge in [0.25, 0.3) is 0 Å². The van der Waals surface area contributed by atoms with E-state index >= 15 is 0 Å². The molecule has 0 aliphatic carbocycles. The lowest BCUT2D eigenvalue weighted by Gasteiger charge is -2.09. The Morgan fingerprint density at radius 3 is 2.88 bits per heavy atom. The number of rotatable bonds is 3. The first-order chi connectivity index (χ1) is 8.29. The lowest BCUT2D eigenvalue weighted by Crippen LogP contribution is -2.01. The topological polar surface area (TPSA) is 48.7 Å². The van der Waals surface area contributed by atoms with Gasteiger partial charge in [0.1, 0.15) is 11.8 Å². The number of aromatic nitrogens is 1. The molecule has 2 rings (SSSR count). The standard InChI is InChI=1S/C14H13N3/c1-11-4-2-3-5-14(11)17-10-12-6-7-16-13(8-12)9-15/h2-8,17H,10H2,1H3. The highest BCUT2D eigenvalue weighted by atomic mass is 14.9. The van der Waals surface area contributed by atoms with Gasteiger partial charge in [-0.3, -0.25) is 0 Å². The van der Waals surface area contributed by atoms with Crippen molar-refractivity contribution in [1.82, 2.24) is 4.98 Å². The van der Waals surface area contributed by atoms with Crippen molar-refractivity contribution in [2.45, 2.75) is 13.5 Å². The van der Waals surface area contributed by atoms with Gasteiger partial charge < -0.3 is 5.32 Å². The van der Waals surface area contributed by atoms with Crippen LogP contribution >= 0.6 is 0 Å². The summed E-state index contributed by atoms with van der Waals surface area (Å²) in [7, 11) is 0. The monoisotopic (exact) mass is 223 g/mol. The second kappa shape index (κ2) is 5.13. The van der Waals surface area contributed by atoms with E-state index in [0.717, 1.165) is 11.3 Å². The Morgan fingerprint density at radius 1 is 1.29 bits per heavy atom. The van der Waals surface area contributed by atoms with E-state index in [1.165, 1.54) is 5.56 Å². The number of anilines is 1. The van der Waals surface area contributed by atoms with Crippen molar-refractivity contribution in [3.8, 4) is 6.07 Å². The molecular weight excluding hydrogens is 210 g/mol. The maximum absolute atomic E-state index is 8.76. The average molecular weight is 223 g/mol. The van der Waals surface area contributed by atoms with Crippen LogP contribution in [0.4, 0.5) is 5.69 Å². The smallest absolute Gasteiger partial charge is 0.140 e. The van der Waals surface area contributed by atoms with Crippen molar-refractivity contribution in [3.63, 3.8) is 0 Å². The van der Waals surface area contributed by atoms with E-state index in [-0.39, 0.29) is 0 Å². The van der Waals surface area contributed by atoms with Crippen LogP contribution in [0.5, 0.6) is 0 Å². The molecule has 3 nitrogen and oxygen atoms in total. The number of nitrogens with zero attached hydrogens (tertiary/aromatic N) is 2. The third kappa shape index (κ3) is 2.82. The van der Waals surface area contributed by atoms with Gasteiger partial charge in [-0.15, -0.1) is 0 Å². The van der Waals surface area contributed by atoms with Crippen molar-refractivity contribution < 1.29 is 0 Å². The van der Waals surface area contributed by atoms with Gasteiger partial charge in [0.2, 0.25) is 0 Å². The summed E-state index contributed by atoms with van der Waals surface area (Å²) in [5.41, 5.74) is 3.83. The van der Waals surface area contributed by atoms with E-state index in [2.05, 4.69) is 23.3 Å². The minimum absolute atomic E-state index is 0.453. The summed E-state index contributed by atoms with van der Waals surface area (Å²) in [4.78, 5) is 3.94. The Morgan fingerprint density at radius 2 is 2.12 bits per heavy atom. The van der Waals surface area contributed by atoms with Gasteiger partial charge in [-0.1, -0.05) is 18.2 Å². The molecule has 0 aliphatic heterocycles. The van der Waals surface area contributed by atoms with Crippen molar-refractivity contribution in [1.29, 1.82) is 5.26 Å². The first-order valence-corrected chi connectivity index (χ1v) is 5.44. The summed E-state index contributed by atoms with van der Waals surface area (Å²) in [6.07, 6.45) is 1.66. The zero-order valence-corrected chi connectivity index (χ0v) is 9.64. The SMILES string of the molecule is Cc1ccccc1NCc1ccnc(C#N)c1. The molecule has 2 aromatic rings. The predicted octanol–water partition coefficient (Wildman–Crippen LogP) is 2.87. The summed E-state index contributed by atoms with van der Waals surface area (Å²) in [5, 5.41) is 12.1. The van der Waals surface area contributed by atoms with Gasteiger partial charge in [-0.2, -0.15) is 5.26 Å². The molecule has 0 radical (unpaired) electrons. The van der Waals surface area contributed by atoms with Gasteiger partial charge in [-0.25, -0.2) is 4.98 Å². The molecule has 17 heavy (non-hydrogen) atoms. The van der Waals surface area contributed by atoms with Crippen molar-refractivity contribution in [3.05, 3.63) is 59.4 Å². The van der Waals surface area contributed by atoms with Crippen molar-refractivity contribution >= 4 is 5.69 Å². The van der Waals surface area contributed by atoms with Gasteiger partial charge in [0.15, 0.2) is 0 Å². The predicted molar refractivity (Wildman–Crippen MR) is 67.5 cm³/mol. The number of hydrogen-bond acceptors (Lipinski definition) is 3. The Hall–Kier alpha value is -2.34. The van der Waals surface area contributed by atoms with Crippen LogP contribution in [-0.4, -0.2) is 4.98 Å². The maximum Gasteiger partial charge on any atom is 0.140 e. The normalized spacial score (nSPS) is 9.65. The summed E-state index contributed by atoms with van der Waals surface area (Å²) in [5.74, 6) is 0. The number of aryl methyl sites for hydroxylation is 1. The highest BCUT2D eigenvalue weighted by molar-refractivity contribution is 5.50. The molecule has 0 atom stereocenters. The van der Waals surface area contributed by atoms with Crippen LogP contribution in [0, 0.1) is 18.3 Å². The Balaban J connectivity index is 2.08. The van der Waals surface area contributed by atoms with E-state index in [1.54, 1.807) is 12.3 Å². The number of nitriles is 1. The highest BCUT2D eigenvalue weighted by Gasteiger charge is 1.98. The van der Waals surface area contributed by atoms with Crippen molar-refractivity contribution in [2.24, 2.45) is 0 Å². The Labute approximate surface area is 101 Å². The van der Waals surface area contributed by atoms with Gasteiger partial charge in [0, 0.05) is 18.4 Å². The largest absolute Gasteiger partial charge is 0.381 e. The second-order valence-electron chi connectivity index (χ2n) is 3.83. The molecule has 0 aliphatic rings. The number of nitrogens with one attached hydrogen (secondary N) is 1. The minimum atomic E-state index is 0.453. The molecule has 1 N–H and O–H groups in total. The quantitative estimate of drug-likeness (QED) is 0.870. The number of pyridine rings is 1. The molecule has 0 spiro atoms. The van der Waals surface area contributed by atoms with Gasteiger partial charge in [-0.05, 0) is 36.2 Å².